The first-order valence-corrected chi connectivity index (χ1v) is 5.85. The predicted molar refractivity (Wildman–Crippen MR) is 64.5 cm³/mol. The number of hydrogen-bond acceptors (Lipinski definition) is 3. The van der Waals surface area contributed by atoms with Gasteiger partial charge in [-0.3, -0.25) is 0 Å². The van der Waals surface area contributed by atoms with Gasteiger partial charge in [0, 0.05) is 5.88 Å². The minimum absolute atomic E-state index is 0.335. The van der Waals surface area contributed by atoms with E-state index in [2.05, 4.69) is 5.32 Å². The third kappa shape index (κ3) is 4.32. The lowest BCUT2D eigenvalue weighted by molar-refractivity contribution is -0.143. The molecule has 5 heteroatoms. The molecule has 0 heterocycles. The van der Waals surface area contributed by atoms with Crippen LogP contribution in [0.4, 0.5) is 4.39 Å². The summed E-state index contributed by atoms with van der Waals surface area (Å²) in [7, 11) is 1.32. The van der Waals surface area contributed by atoms with Crippen molar-refractivity contribution in [2.45, 2.75) is 12.5 Å². The van der Waals surface area contributed by atoms with Crippen LogP contribution in [0.2, 0.25) is 0 Å². The molecule has 94 valence electrons. The molecule has 0 aliphatic carbocycles. The maximum atomic E-state index is 12.8. The van der Waals surface area contributed by atoms with Crippen LogP contribution in [-0.4, -0.2) is 25.5 Å². The summed E-state index contributed by atoms with van der Waals surface area (Å²) < 4.78 is 17.5. The van der Waals surface area contributed by atoms with Crippen LogP contribution < -0.4 is 5.32 Å². The minimum atomic E-state index is -0.580. The highest BCUT2D eigenvalue weighted by Gasteiger charge is 2.20. The molecule has 0 aromatic heterocycles. The quantitative estimate of drug-likeness (QED) is 0.484. The second-order valence-corrected chi connectivity index (χ2v) is 3.88. The highest BCUT2D eigenvalue weighted by atomic mass is 35.5. The first-order valence-electron chi connectivity index (χ1n) is 5.31. The summed E-state index contributed by atoms with van der Waals surface area (Å²) in [4.78, 5) is 11.6. The van der Waals surface area contributed by atoms with Crippen molar-refractivity contribution >= 4 is 17.6 Å². The Kier molecular flexibility index (Phi) is 5.94. The number of alkyl halides is 1. The molecule has 0 radical (unpaired) electrons. The van der Waals surface area contributed by atoms with E-state index in [-0.39, 0.29) is 5.82 Å². The topological polar surface area (TPSA) is 38.3 Å². The zero-order chi connectivity index (χ0) is 12.7. The van der Waals surface area contributed by atoms with Gasteiger partial charge in [0.15, 0.2) is 0 Å². The van der Waals surface area contributed by atoms with E-state index in [9.17, 15) is 9.18 Å². The molecule has 0 aliphatic rings. The van der Waals surface area contributed by atoms with Gasteiger partial charge in [-0.15, -0.1) is 11.6 Å². The molecule has 0 saturated heterocycles. The second kappa shape index (κ2) is 7.25. The summed E-state index contributed by atoms with van der Waals surface area (Å²) in [5.41, 5.74) is 0.674. The lowest BCUT2D eigenvalue weighted by Gasteiger charge is -2.16. The average Bonchev–Trinajstić information content (AvgIpc) is 2.35. The zero-order valence-electron chi connectivity index (χ0n) is 9.58. The van der Waals surface area contributed by atoms with E-state index in [1.807, 2.05) is 0 Å². The Balaban J connectivity index is 2.74. The summed E-state index contributed by atoms with van der Waals surface area (Å²) in [5, 5.41) is 3.03. The van der Waals surface area contributed by atoms with Gasteiger partial charge in [-0.25, -0.2) is 9.18 Å². The number of carbonyl (C=O) groups excluding carboxylic acids is 1. The summed E-state index contributed by atoms with van der Waals surface area (Å²) >= 11 is 5.56. The molecule has 0 aliphatic heterocycles. The zero-order valence-corrected chi connectivity index (χ0v) is 10.3. The van der Waals surface area contributed by atoms with Crippen LogP contribution in [0.1, 0.15) is 18.0 Å². The standard InChI is InChI=1S/C12H15ClFNO2/c1-17-12(16)11(15-8-2-7-13)9-3-5-10(14)6-4-9/h3-6,11,15H,2,7-8H2,1H3. The molecule has 1 unspecified atom stereocenters. The Morgan fingerprint density at radius 2 is 2.12 bits per heavy atom. The number of ether oxygens (including phenoxy) is 1. The molecule has 1 aromatic rings. The van der Waals surface area contributed by atoms with E-state index >= 15 is 0 Å². The molecule has 0 saturated carbocycles. The second-order valence-electron chi connectivity index (χ2n) is 3.50. The highest BCUT2D eigenvalue weighted by Crippen LogP contribution is 2.15. The third-order valence-electron chi connectivity index (χ3n) is 2.30. The average molecular weight is 260 g/mol. The molecule has 0 spiro atoms. The maximum absolute atomic E-state index is 12.8. The highest BCUT2D eigenvalue weighted by molar-refractivity contribution is 6.17. The number of carbonyl (C=O) groups is 1. The third-order valence-corrected chi connectivity index (χ3v) is 2.57. The van der Waals surface area contributed by atoms with E-state index in [4.69, 9.17) is 16.3 Å². The van der Waals surface area contributed by atoms with E-state index in [1.165, 1.54) is 19.2 Å². The molecule has 0 fully saturated rings. The number of rotatable bonds is 6. The van der Waals surface area contributed by atoms with E-state index in [1.54, 1.807) is 12.1 Å². The normalized spacial score (nSPS) is 12.2. The summed E-state index contributed by atoms with van der Waals surface area (Å²) in [6.45, 7) is 0.598. The van der Waals surface area contributed by atoms with Gasteiger partial charge in [0.05, 0.1) is 7.11 Å². The van der Waals surface area contributed by atoms with Crippen molar-refractivity contribution in [3.63, 3.8) is 0 Å². The van der Waals surface area contributed by atoms with Crippen molar-refractivity contribution < 1.29 is 13.9 Å². The maximum Gasteiger partial charge on any atom is 0.327 e. The van der Waals surface area contributed by atoms with Gasteiger partial charge in [0.25, 0.3) is 0 Å². The lowest BCUT2D eigenvalue weighted by Crippen LogP contribution is -2.30. The first-order chi connectivity index (χ1) is 8.19. The number of hydrogen-bond donors (Lipinski definition) is 1. The van der Waals surface area contributed by atoms with Crippen LogP contribution >= 0.6 is 11.6 Å². The molecule has 1 rings (SSSR count). The van der Waals surface area contributed by atoms with Crippen LogP contribution in [0.15, 0.2) is 24.3 Å². The SMILES string of the molecule is COC(=O)C(NCCCCl)c1ccc(F)cc1. The monoisotopic (exact) mass is 259 g/mol. The van der Waals surface area contributed by atoms with Gasteiger partial charge >= 0.3 is 5.97 Å². The number of methoxy groups -OCH3 is 1. The number of nitrogens with one attached hydrogen (secondary N) is 1. The van der Waals surface area contributed by atoms with Gasteiger partial charge in [-0.05, 0) is 30.7 Å². The smallest absolute Gasteiger partial charge is 0.327 e. The van der Waals surface area contributed by atoms with Gasteiger partial charge in [-0.1, -0.05) is 12.1 Å². The fourth-order valence-electron chi connectivity index (χ4n) is 1.42. The van der Waals surface area contributed by atoms with E-state index in [0.717, 1.165) is 6.42 Å². The Hall–Kier alpha value is -1.13. The molecular weight excluding hydrogens is 245 g/mol. The van der Waals surface area contributed by atoms with Crippen molar-refractivity contribution in [3.05, 3.63) is 35.6 Å². The molecule has 0 amide bonds. The summed E-state index contributed by atoms with van der Waals surface area (Å²) in [6.07, 6.45) is 0.746. The number of esters is 1. The van der Waals surface area contributed by atoms with Crippen LogP contribution in [0.3, 0.4) is 0 Å². The van der Waals surface area contributed by atoms with Crippen molar-refractivity contribution in [3.8, 4) is 0 Å². The van der Waals surface area contributed by atoms with Gasteiger partial charge in [-0.2, -0.15) is 0 Å². The van der Waals surface area contributed by atoms with Crippen LogP contribution in [0, 0.1) is 5.82 Å². The molecular formula is C12H15ClFNO2. The number of halogens is 2. The fourth-order valence-corrected chi connectivity index (χ4v) is 1.56. The molecule has 0 bridgehead atoms. The largest absolute Gasteiger partial charge is 0.468 e. The number of benzene rings is 1. The Morgan fingerprint density at radius 3 is 2.65 bits per heavy atom. The minimum Gasteiger partial charge on any atom is -0.468 e. The van der Waals surface area contributed by atoms with Crippen molar-refractivity contribution in [1.29, 1.82) is 0 Å². The Morgan fingerprint density at radius 1 is 1.47 bits per heavy atom. The molecule has 1 aromatic carbocycles. The fraction of sp³-hybridized carbons (Fsp3) is 0.417. The molecule has 3 nitrogen and oxygen atoms in total. The van der Waals surface area contributed by atoms with Crippen molar-refractivity contribution in [2.75, 3.05) is 19.5 Å². The van der Waals surface area contributed by atoms with Gasteiger partial charge in [0.1, 0.15) is 11.9 Å². The van der Waals surface area contributed by atoms with Crippen LogP contribution in [0.25, 0.3) is 0 Å². The molecule has 17 heavy (non-hydrogen) atoms. The Bertz CT molecular complexity index is 356. The van der Waals surface area contributed by atoms with Gasteiger partial charge < -0.3 is 10.1 Å². The van der Waals surface area contributed by atoms with Crippen LogP contribution in [-0.2, 0) is 9.53 Å². The van der Waals surface area contributed by atoms with Crippen LogP contribution in [0.5, 0.6) is 0 Å². The predicted octanol–water partition coefficient (Wildman–Crippen LogP) is 2.26. The Labute approximate surface area is 105 Å². The van der Waals surface area contributed by atoms with E-state index in [0.29, 0.717) is 18.0 Å². The van der Waals surface area contributed by atoms with E-state index < -0.39 is 12.0 Å². The molecule has 1 N–H and O–H groups in total. The van der Waals surface area contributed by atoms with Gasteiger partial charge in [0.2, 0.25) is 0 Å². The van der Waals surface area contributed by atoms with Crippen molar-refractivity contribution in [1.82, 2.24) is 5.32 Å². The first kappa shape index (κ1) is 13.9. The lowest BCUT2D eigenvalue weighted by atomic mass is 10.1. The molecule has 1 atom stereocenters. The summed E-state index contributed by atoms with van der Waals surface area (Å²) in [5.74, 6) is -0.214. The summed E-state index contributed by atoms with van der Waals surface area (Å²) in [6, 6.07) is 5.17. The van der Waals surface area contributed by atoms with Crippen molar-refractivity contribution in [2.24, 2.45) is 0 Å².